The van der Waals surface area contributed by atoms with Gasteiger partial charge in [-0.2, -0.15) is 0 Å². The monoisotopic (exact) mass is 285 g/mol. The second-order valence-corrected chi connectivity index (χ2v) is 4.64. The predicted octanol–water partition coefficient (Wildman–Crippen LogP) is 1.93. The smallest absolute Gasteiger partial charge is 0.270 e. The zero-order valence-corrected chi connectivity index (χ0v) is 12.3. The molecule has 0 saturated carbocycles. The van der Waals surface area contributed by atoms with Crippen molar-refractivity contribution < 1.29 is 4.79 Å². The second kappa shape index (κ2) is 7.33. The quantitative estimate of drug-likeness (QED) is 0.847. The number of hydrogen-bond acceptors (Lipinski definition) is 5. The largest absolute Gasteiger partial charge is 0.384 e. The van der Waals surface area contributed by atoms with Gasteiger partial charge in [0.2, 0.25) is 0 Å². The highest BCUT2D eigenvalue weighted by molar-refractivity contribution is 5.92. The van der Waals surface area contributed by atoms with E-state index < -0.39 is 0 Å². The van der Waals surface area contributed by atoms with Gasteiger partial charge < -0.3 is 10.6 Å². The normalized spacial score (nSPS) is 10.2. The number of nitrogens with zero attached hydrogens (tertiary/aromatic N) is 3. The van der Waals surface area contributed by atoms with Crippen molar-refractivity contribution in [2.24, 2.45) is 0 Å². The van der Waals surface area contributed by atoms with E-state index in [1.807, 2.05) is 13.0 Å². The van der Waals surface area contributed by atoms with Crippen molar-refractivity contribution in [2.45, 2.75) is 26.8 Å². The number of amides is 1. The SMILES string of the molecule is CCCNc1ccc(C(=O)NCc2ccnc(C)n2)nc1. The standard InChI is InChI=1S/C15H19N5O/c1-3-7-17-12-4-5-14(18-9-12)15(21)19-10-13-6-8-16-11(2)20-13/h4-6,8-9,17H,3,7,10H2,1-2H3,(H,19,21). The van der Waals surface area contributed by atoms with E-state index in [1.54, 1.807) is 24.5 Å². The Labute approximate surface area is 124 Å². The van der Waals surface area contributed by atoms with Crippen LogP contribution in [0.2, 0.25) is 0 Å². The molecule has 0 bridgehead atoms. The van der Waals surface area contributed by atoms with Crippen molar-refractivity contribution in [3.8, 4) is 0 Å². The number of rotatable bonds is 6. The number of aryl methyl sites for hydroxylation is 1. The Balaban J connectivity index is 1.91. The zero-order valence-electron chi connectivity index (χ0n) is 12.3. The van der Waals surface area contributed by atoms with E-state index in [1.165, 1.54) is 0 Å². The Hall–Kier alpha value is -2.50. The molecule has 0 saturated heterocycles. The van der Waals surface area contributed by atoms with Crippen LogP contribution in [0.25, 0.3) is 0 Å². The van der Waals surface area contributed by atoms with E-state index in [0.717, 1.165) is 24.3 Å². The lowest BCUT2D eigenvalue weighted by Crippen LogP contribution is -2.24. The van der Waals surface area contributed by atoms with Crippen molar-refractivity contribution in [3.63, 3.8) is 0 Å². The fourth-order valence-corrected chi connectivity index (χ4v) is 1.77. The molecule has 0 aliphatic rings. The Morgan fingerprint density at radius 1 is 1.24 bits per heavy atom. The Bertz CT molecular complexity index is 597. The number of nitrogens with one attached hydrogen (secondary N) is 2. The van der Waals surface area contributed by atoms with Crippen molar-refractivity contribution in [1.29, 1.82) is 0 Å². The molecule has 0 fully saturated rings. The van der Waals surface area contributed by atoms with Gasteiger partial charge in [-0.15, -0.1) is 0 Å². The van der Waals surface area contributed by atoms with Crippen LogP contribution >= 0.6 is 0 Å². The van der Waals surface area contributed by atoms with Gasteiger partial charge in [0.25, 0.3) is 5.91 Å². The van der Waals surface area contributed by atoms with Gasteiger partial charge in [0.05, 0.1) is 24.1 Å². The van der Waals surface area contributed by atoms with Gasteiger partial charge in [-0.05, 0) is 31.5 Å². The minimum atomic E-state index is -0.215. The fourth-order valence-electron chi connectivity index (χ4n) is 1.77. The number of pyridine rings is 1. The summed E-state index contributed by atoms with van der Waals surface area (Å²) in [5, 5.41) is 6.01. The summed E-state index contributed by atoms with van der Waals surface area (Å²) in [5.41, 5.74) is 2.08. The Kier molecular flexibility index (Phi) is 5.20. The summed E-state index contributed by atoms with van der Waals surface area (Å²) < 4.78 is 0. The van der Waals surface area contributed by atoms with Crippen LogP contribution in [0, 0.1) is 6.92 Å². The summed E-state index contributed by atoms with van der Waals surface area (Å²) >= 11 is 0. The topological polar surface area (TPSA) is 79.8 Å². The molecule has 2 heterocycles. The van der Waals surface area contributed by atoms with E-state index >= 15 is 0 Å². The molecule has 0 unspecified atom stereocenters. The molecule has 0 atom stereocenters. The van der Waals surface area contributed by atoms with Crippen LogP contribution in [0.5, 0.6) is 0 Å². The molecule has 110 valence electrons. The lowest BCUT2D eigenvalue weighted by Gasteiger charge is -2.06. The average Bonchev–Trinajstić information content (AvgIpc) is 2.51. The number of carbonyl (C=O) groups excluding carboxylic acids is 1. The van der Waals surface area contributed by atoms with Crippen LogP contribution in [0.1, 0.15) is 35.4 Å². The van der Waals surface area contributed by atoms with Gasteiger partial charge >= 0.3 is 0 Å². The summed E-state index contributed by atoms with van der Waals surface area (Å²) in [7, 11) is 0. The molecule has 2 N–H and O–H groups in total. The molecule has 0 aliphatic heterocycles. The summed E-state index contributed by atoms with van der Waals surface area (Å²) in [6, 6.07) is 5.34. The van der Waals surface area contributed by atoms with Gasteiger partial charge in [0.15, 0.2) is 0 Å². The first-order valence-electron chi connectivity index (χ1n) is 6.95. The van der Waals surface area contributed by atoms with Gasteiger partial charge in [0.1, 0.15) is 11.5 Å². The number of anilines is 1. The molecule has 2 aromatic rings. The minimum Gasteiger partial charge on any atom is -0.384 e. The van der Waals surface area contributed by atoms with Crippen LogP contribution < -0.4 is 10.6 Å². The molecular formula is C15H19N5O. The fraction of sp³-hybridized carbons (Fsp3) is 0.333. The Morgan fingerprint density at radius 2 is 2.10 bits per heavy atom. The van der Waals surface area contributed by atoms with Crippen molar-refractivity contribution >= 4 is 11.6 Å². The highest BCUT2D eigenvalue weighted by Gasteiger charge is 2.07. The minimum absolute atomic E-state index is 0.215. The summed E-state index contributed by atoms with van der Waals surface area (Å²) in [6.07, 6.45) is 4.39. The van der Waals surface area contributed by atoms with Crippen LogP contribution in [0.4, 0.5) is 5.69 Å². The maximum absolute atomic E-state index is 12.0. The van der Waals surface area contributed by atoms with E-state index in [0.29, 0.717) is 18.1 Å². The number of hydrogen-bond donors (Lipinski definition) is 2. The van der Waals surface area contributed by atoms with Crippen LogP contribution in [-0.4, -0.2) is 27.4 Å². The molecular weight excluding hydrogens is 266 g/mol. The third-order valence-electron chi connectivity index (χ3n) is 2.84. The first kappa shape index (κ1) is 14.9. The summed E-state index contributed by atoms with van der Waals surface area (Å²) in [5.74, 6) is 0.472. The number of aromatic nitrogens is 3. The van der Waals surface area contributed by atoms with Gasteiger partial charge in [-0.3, -0.25) is 4.79 Å². The highest BCUT2D eigenvalue weighted by Crippen LogP contribution is 2.06. The third-order valence-corrected chi connectivity index (χ3v) is 2.84. The molecule has 0 aromatic carbocycles. The van der Waals surface area contributed by atoms with Crippen molar-refractivity contribution in [2.75, 3.05) is 11.9 Å². The molecule has 0 aliphatic carbocycles. The van der Waals surface area contributed by atoms with Gasteiger partial charge in [-0.25, -0.2) is 15.0 Å². The van der Waals surface area contributed by atoms with Gasteiger partial charge in [0, 0.05) is 12.7 Å². The Morgan fingerprint density at radius 3 is 2.76 bits per heavy atom. The average molecular weight is 285 g/mol. The highest BCUT2D eigenvalue weighted by atomic mass is 16.1. The molecule has 6 nitrogen and oxygen atoms in total. The maximum atomic E-state index is 12.0. The molecule has 2 aromatic heterocycles. The third kappa shape index (κ3) is 4.52. The lowest BCUT2D eigenvalue weighted by atomic mass is 10.3. The molecule has 0 spiro atoms. The molecule has 6 heteroatoms. The van der Waals surface area contributed by atoms with Gasteiger partial charge in [-0.1, -0.05) is 6.92 Å². The van der Waals surface area contributed by atoms with Crippen LogP contribution in [-0.2, 0) is 6.54 Å². The molecule has 0 radical (unpaired) electrons. The first-order chi connectivity index (χ1) is 10.2. The van der Waals surface area contributed by atoms with Crippen LogP contribution in [0.15, 0.2) is 30.6 Å². The second-order valence-electron chi connectivity index (χ2n) is 4.64. The molecule has 2 rings (SSSR count). The van der Waals surface area contributed by atoms with E-state index in [2.05, 4.69) is 32.5 Å². The molecule has 21 heavy (non-hydrogen) atoms. The zero-order chi connectivity index (χ0) is 15.1. The molecule has 1 amide bonds. The van der Waals surface area contributed by atoms with E-state index in [-0.39, 0.29) is 5.91 Å². The van der Waals surface area contributed by atoms with E-state index in [4.69, 9.17) is 0 Å². The van der Waals surface area contributed by atoms with Crippen LogP contribution in [0.3, 0.4) is 0 Å². The summed E-state index contributed by atoms with van der Waals surface area (Å²) in [4.78, 5) is 24.4. The lowest BCUT2D eigenvalue weighted by molar-refractivity contribution is 0.0945. The first-order valence-corrected chi connectivity index (χ1v) is 6.95. The predicted molar refractivity (Wildman–Crippen MR) is 81.0 cm³/mol. The van der Waals surface area contributed by atoms with Crippen molar-refractivity contribution in [1.82, 2.24) is 20.3 Å². The van der Waals surface area contributed by atoms with Crippen molar-refractivity contribution in [3.05, 3.63) is 47.8 Å². The summed E-state index contributed by atoms with van der Waals surface area (Å²) in [6.45, 7) is 5.16. The van der Waals surface area contributed by atoms with E-state index in [9.17, 15) is 4.79 Å². The maximum Gasteiger partial charge on any atom is 0.270 e. The number of carbonyl (C=O) groups is 1.